The number of nitrogens with zero attached hydrogens (tertiary/aromatic N) is 3. The Bertz CT molecular complexity index is 1120. The van der Waals surface area contributed by atoms with Crippen molar-refractivity contribution in [3.8, 4) is 0 Å². The smallest absolute Gasteiger partial charge is 0.378 e. The largest absolute Gasteiger partial charge is 0.419 e. The van der Waals surface area contributed by atoms with E-state index in [1.165, 1.54) is 27.9 Å². The van der Waals surface area contributed by atoms with Gasteiger partial charge in [-0.1, -0.05) is 23.5 Å². The number of hydrogen-bond donors (Lipinski definition) is 0. The molecule has 0 spiro atoms. The van der Waals surface area contributed by atoms with Gasteiger partial charge >= 0.3 is 6.18 Å². The minimum atomic E-state index is -4.78. The third-order valence-corrected chi connectivity index (χ3v) is 5.72. The van der Waals surface area contributed by atoms with Gasteiger partial charge in [0, 0.05) is 30.5 Å². The molecule has 0 saturated carbocycles. The predicted octanol–water partition coefficient (Wildman–Crippen LogP) is 3.65. The third kappa shape index (κ3) is 3.74. The number of benzene rings is 1. The summed E-state index contributed by atoms with van der Waals surface area (Å²) in [6.45, 7) is 4.31. The molecular weight excluding hydrogens is 410 g/mol. The highest BCUT2D eigenvalue weighted by Crippen LogP contribution is 2.33. The van der Waals surface area contributed by atoms with Crippen LogP contribution in [0.1, 0.15) is 21.7 Å². The summed E-state index contributed by atoms with van der Waals surface area (Å²) in [6.07, 6.45) is -4.99. The van der Waals surface area contributed by atoms with E-state index in [-0.39, 0.29) is 23.2 Å². The summed E-state index contributed by atoms with van der Waals surface area (Å²) in [7, 11) is 0. The van der Waals surface area contributed by atoms with Crippen molar-refractivity contribution in [1.29, 1.82) is 0 Å². The van der Waals surface area contributed by atoms with E-state index >= 15 is 0 Å². The van der Waals surface area contributed by atoms with Gasteiger partial charge in [-0.2, -0.15) is 13.2 Å². The number of alkyl halides is 3. The van der Waals surface area contributed by atoms with Crippen LogP contribution < -0.4 is 10.5 Å². The first-order valence-electron chi connectivity index (χ1n) is 8.95. The van der Waals surface area contributed by atoms with Gasteiger partial charge in [0.05, 0.1) is 24.5 Å². The zero-order valence-electron chi connectivity index (χ0n) is 15.4. The Balaban J connectivity index is 1.73. The lowest BCUT2D eigenvalue weighted by Crippen LogP contribution is -2.38. The first-order chi connectivity index (χ1) is 13.8. The van der Waals surface area contributed by atoms with Crippen LogP contribution >= 0.6 is 11.3 Å². The number of morpholine rings is 1. The molecule has 1 saturated heterocycles. The molecular formula is C19H17F4N3O2S. The van der Waals surface area contributed by atoms with Crippen molar-refractivity contribution in [2.24, 2.45) is 0 Å². The van der Waals surface area contributed by atoms with Gasteiger partial charge in [0.15, 0.2) is 4.96 Å². The highest BCUT2D eigenvalue weighted by molar-refractivity contribution is 7.17. The highest BCUT2D eigenvalue weighted by Gasteiger charge is 2.34. The van der Waals surface area contributed by atoms with Crippen LogP contribution in [0.25, 0.3) is 4.96 Å². The Morgan fingerprint density at radius 2 is 1.97 bits per heavy atom. The van der Waals surface area contributed by atoms with Crippen molar-refractivity contribution in [3.63, 3.8) is 0 Å². The summed E-state index contributed by atoms with van der Waals surface area (Å²) in [5.41, 5.74) is -1.60. The molecule has 3 heterocycles. The van der Waals surface area contributed by atoms with Crippen molar-refractivity contribution in [2.45, 2.75) is 19.5 Å². The number of ether oxygens (including phenoxy) is 1. The number of fused-ring (bicyclic) bond motifs is 1. The fourth-order valence-electron chi connectivity index (χ4n) is 3.47. The first kappa shape index (κ1) is 19.8. The van der Waals surface area contributed by atoms with Crippen molar-refractivity contribution in [1.82, 2.24) is 9.38 Å². The molecule has 1 fully saturated rings. The molecule has 1 aliphatic rings. The van der Waals surface area contributed by atoms with Gasteiger partial charge in [0.1, 0.15) is 11.6 Å². The maximum atomic E-state index is 14.3. The van der Waals surface area contributed by atoms with E-state index in [2.05, 4.69) is 9.88 Å². The quantitative estimate of drug-likeness (QED) is 0.599. The van der Waals surface area contributed by atoms with E-state index in [9.17, 15) is 22.4 Å². The molecule has 0 aliphatic carbocycles. The van der Waals surface area contributed by atoms with Gasteiger partial charge in [-0.05, 0) is 18.6 Å². The lowest BCUT2D eigenvalue weighted by molar-refractivity contribution is -0.140. The minimum absolute atomic E-state index is 0.155. The van der Waals surface area contributed by atoms with Crippen LogP contribution in [-0.4, -0.2) is 35.7 Å². The lowest BCUT2D eigenvalue weighted by Gasteiger charge is -2.28. The molecule has 10 heteroatoms. The maximum Gasteiger partial charge on any atom is 0.419 e. The van der Waals surface area contributed by atoms with Crippen molar-refractivity contribution in [2.75, 3.05) is 31.2 Å². The molecule has 3 aromatic rings. The monoisotopic (exact) mass is 427 g/mol. The topological polar surface area (TPSA) is 46.8 Å². The summed E-state index contributed by atoms with van der Waals surface area (Å²) in [5.74, 6) is -0.582. The zero-order valence-corrected chi connectivity index (χ0v) is 16.2. The molecule has 4 rings (SSSR count). The lowest BCUT2D eigenvalue weighted by atomic mass is 10.0. The van der Waals surface area contributed by atoms with Crippen LogP contribution in [0.3, 0.4) is 0 Å². The summed E-state index contributed by atoms with van der Waals surface area (Å²) in [4.78, 5) is 20.6. The van der Waals surface area contributed by atoms with E-state index in [0.29, 0.717) is 37.3 Å². The van der Waals surface area contributed by atoms with Gasteiger partial charge in [-0.3, -0.25) is 4.79 Å². The summed E-state index contributed by atoms with van der Waals surface area (Å²) < 4.78 is 60.0. The summed E-state index contributed by atoms with van der Waals surface area (Å²) in [5, 5.41) is 0. The first-order valence-corrected chi connectivity index (χ1v) is 9.76. The van der Waals surface area contributed by atoms with Crippen LogP contribution in [0.4, 0.5) is 23.4 Å². The maximum absolute atomic E-state index is 14.3. The second kappa shape index (κ2) is 7.42. The average Bonchev–Trinajstić information content (AvgIpc) is 2.99. The van der Waals surface area contributed by atoms with E-state index in [1.54, 1.807) is 0 Å². The van der Waals surface area contributed by atoms with E-state index in [1.807, 2.05) is 6.92 Å². The number of halogens is 4. The molecule has 0 amide bonds. The van der Waals surface area contributed by atoms with Crippen LogP contribution in [0.2, 0.25) is 0 Å². The second-order valence-corrected chi connectivity index (χ2v) is 7.92. The van der Waals surface area contributed by atoms with Gasteiger partial charge in [-0.25, -0.2) is 13.8 Å². The molecule has 5 nitrogen and oxygen atoms in total. The number of aryl methyl sites for hydroxylation is 1. The summed E-state index contributed by atoms with van der Waals surface area (Å²) in [6, 6.07) is 4.37. The number of thiazole rings is 1. The van der Waals surface area contributed by atoms with Gasteiger partial charge < -0.3 is 9.64 Å². The fourth-order valence-corrected chi connectivity index (χ4v) is 4.49. The predicted molar refractivity (Wildman–Crippen MR) is 101 cm³/mol. The minimum Gasteiger partial charge on any atom is -0.378 e. The normalized spacial score (nSPS) is 15.3. The Hall–Kier alpha value is -2.46. The molecule has 0 N–H and O–H groups in total. The highest BCUT2D eigenvalue weighted by atomic mass is 32.1. The number of anilines is 1. The number of hydrogen-bond acceptors (Lipinski definition) is 5. The fraction of sp³-hybridized carbons (Fsp3) is 0.368. The Morgan fingerprint density at radius 1 is 1.24 bits per heavy atom. The number of aromatic nitrogens is 2. The van der Waals surface area contributed by atoms with Gasteiger partial charge in [-0.15, -0.1) is 0 Å². The third-order valence-electron chi connectivity index (χ3n) is 4.78. The van der Waals surface area contributed by atoms with E-state index in [4.69, 9.17) is 4.74 Å². The Morgan fingerprint density at radius 3 is 2.66 bits per heavy atom. The van der Waals surface area contributed by atoms with Crippen LogP contribution in [0.15, 0.2) is 29.1 Å². The van der Waals surface area contributed by atoms with E-state index < -0.39 is 17.6 Å². The Labute approximate surface area is 167 Å². The van der Waals surface area contributed by atoms with Crippen LogP contribution in [-0.2, 0) is 17.3 Å². The molecule has 29 heavy (non-hydrogen) atoms. The zero-order chi connectivity index (χ0) is 20.8. The van der Waals surface area contributed by atoms with Crippen molar-refractivity contribution < 1.29 is 22.3 Å². The standard InChI is InChI=1S/C19H17F4N3O2S/c1-11-17(25-5-7-28-8-6-25)26-15(27)10-13(24-18(26)29-11)9-12-3-2-4-14(16(12)20)19(21,22)23/h2-4,10H,5-9H2,1H3. The molecule has 0 radical (unpaired) electrons. The molecule has 2 aromatic heterocycles. The van der Waals surface area contributed by atoms with Gasteiger partial charge in [0.2, 0.25) is 0 Å². The van der Waals surface area contributed by atoms with Crippen molar-refractivity contribution in [3.05, 3.63) is 62.1 Å². The summed E-state index contributed by atoms with van der Waals surface area (Å²) >= 11 is 1.32. The van der Waals surface area contributed by atoms with Gasteiger partial charge in [0.25, 0.3) is 5.56 Å². The SMILES string of the molecule is Cc1sc2nc(Cc3cccc(C(F)(F)F)c3F)cc(=O)n2c1N1CCOCC1. The molecule has 1 aliphatic heterocycles. The average molecular weight is 427 g/mol. The molecule has 154 valence electrons. The molecule has 0 bridgehead atoms. The van der Waals surface area contributed by atoms with E-state index in [0.717, 1.165) is 16.8 Å². The van der Waals surface area contributed by atoms with Crippen LogP contribution in [0, 0.1) is 12.7 Å². The van der Waals surface area contributed by atoms with Crippen molar-refractivity contribution >= 4 is 22.1 Å². The molecule has 0 unspecified atom stereocenters. The second-order valence-electron chi connectivity index (χ2n) is 6.74. The molecule has 1 aromatic carbocycles. The number of rotatable bonds is 3. The Kier molecular flexibility index (Phi) is 5.07. The van der Waals surface area contributed by atoms with Crippen LogP contribution in [0.5, 0.6) is 0 Å². The molecule has 0 atom stereocenters.